The smallest absolute Gasteiger partial charge is 0.326 e. The van der Waals surface area contributed by atoms with E-state index in [-0.39, 0.29) is 23.5 Å². The number of rotatable bonds is 5. The molecule has 0 bridgehead atoms. The van der Waals surface area contributed by atoms with E-state index >= 15 is 0 Å². The Kier molecular flexibility index (Phi) is 4.63. The van der Waals surface area contributed by atoms with Crippen molar-refractivity contribution in [1.29, 1.82) is 0 Å². The highest BCUT2D eigenvalue weighted by Gasteiger charge is 2.28. The van der Waals surface area contributed by atoms with Gasteiger partial charge in [0, 0.05) is 35.7 Å². The van der Waals surface area contributed by atoms with Crippen LogP contribution in [0.5, 0.6) is 0 Å². The number of fused-ring (bicyclic) bond motifs is 2. The van der Waals surface area contributed by atoms with Crippen LogP contribution in [0.15, 0.2) is 53.6 Å². The molecular weight excluding hydrogens is 452 g/mol. The minimum atomic E-state index is -0.310. The number of nitrogens with one attached hydrogen (secondary N) is 4. The molecule has 1 aliphatic rings. The van der Waals surface area contributed by atoms with Gasteiger partial charge < -0.3 is 20.6 Å². The number of carbonyl (C=O) groups excluding carboxylic acids is 2. The lowest BCUT2D eigenvalue weighted by molar-refractivity contribution is 0.0953. The molecule has 10 heteroatoms. The van der Waals surface area contributed by atoms with Crippen LogP contribution in [-0.4, -0.2) is 37.4 Å². The van der Waals surface area contributed by atoms with Crippen LogP contribution in [0.25, 0.3) is 32.4 Å². The van der Waals surface area contributed by atoms with Crippen molar-refractivity contribution in [3.63, 3.8) is 0 Å². The predicted molar refractivity (Wildman–Crippen MR) is 131 cm³/mol. The molecule has 0 unspecified atom stereocenters. The molecule has 1 aromatic carbocycles. The summed E-state index contributed by atoms with van der Waals surface area (Å²) in [5.41, 5.74) is 3.08. The van der Waals surface area contributed by atoms with Crippen LogP contribution in [-0.2, 0) is 7.05 Å². The van der Waals surface area contributed by atoms with Gasteiger partial charge >= 0.3 is 5.69 Å². The molecule has 1 aliphatic carbocycles. The van der Waals surface area contributed by atoms with Gasteiger partial charge in [0.25, 0.3) is 11.8 Å². The first-order chi connectivity index (χ1) is 16.5. The van der Waals surface area contributed by atoms with Crippen LogP contribution < -0.4 is 16.3 Å². The van der Waals surface area contributed by atoms with Crippen LogP contribution in [0.3, 0.4) is 0 Å². The van der Waals surface area contributed by atoms with Gasteiger partial charge in [0.1, 0.15) is 5.82 Å². The molecule has 1 fully saturated rings. The second-order valence-corrected chi connectivity index (χ2v) is 9.46. The van der Waals surface area contributed by atoms with Crippen molar-refractivity contribution in [1.82, 2.24) is 24.8 Å². The number of anilines is 1. The van der Waals surface area contributed by atoms with Crippen LogP contribution in [0.4, 0.5) is 5.82 Å². The summed E-state index contributed by atoms with van der Waals surface area (Å²) < 4.78 is 1.49. The number of aryl methyl sites for hydroxylation is 1. The molecule has 4 aromatic heterocycles. The first-order valence-corrected chi connectivity index (χ1v) is 11.7. The van der Waals surface area contributed by atoms with Crippen molar-refractivity contribution in [3.05, 3.63) is 69.7 Å². The van der Waals surface area contributed by atoms with Crippen molar-refractivity contribution in [2.24, 2.45) is 7.05 Å². The van der Waals surface area contributed by atoms with Crippen molar-refractivity contribution < 1.29 is 9.59 Å². The first kappa shape index (κ1) is 20.4. The molecule has 0 radical (unpaired) electrons. The predicted octanol–water partition coefficient (Wildman–Crippen LogP) is 3.62. The number of nitrogens with zero attached hydrogens (tertiary/aromatic N) is 2. The summed E-state index contributed by atoms with van der Waals surface area (Å²) in [4.78, 5) is 49.8. The van der Waals surface area contributed by atoms with Crippen molar-refractivity contribution >= 4 is 50.9 Å². The number of pyridine rings is 1. The fraction of sp³-hybridized carbons (Fsp3) is 0.167. The first-order valence-electron chi connectivity index (χ1n) is 10.8. The summed E-state index contributed by atoms with van der Waals surface area (Å²) >= 11 is 1.36. The lowest BCUT2D eigenvalue weighted by atomic mass is 10.1. The highest BCUT2D eigenvalue weighted by atomic mass is 32.1. The number of hydrogen-bond acceptors (Lipinski definition) is 5. The Balaban J connectivity index is 1.40. The molecular formula is C24H20N6O3S. The SMILES string of the molecule is Cn1c(=O)[nH]c2cc3[nH]c(NC(=O)c4ccc(-c5ccncc5)s4)c(C(=O)NC4CC4)c3cc21. The highest BCUT2D eigenvalue weighted by molar-refractivity contribution is 7.17. The van der Waals surface area contributed by atoms with Gasteiger partial charge in [-0.25, -0.2) is 4.79 Å². The minimum Gasteiger partial charge on any atom is -0.349 e. The largest absolute Gasteiger partial charge is 0.349 e. The zero-order valence-electron chi connectivity index (χ0n) is 18.1. The van der Waals surface area contributed by atoms with Gasteiger partial charge in [-0.05, 0) is 54.8 Å². The van der Waals surface area contributed by atoms with Crippen molar-refractivity contribution in [2.45, 2.75) is 18.9 Å². The maximum absolute atomic E-state index is 13.2. The van der Waals surface area contributed by atoms with E-state index in [2.05, 4.69) is 25.6 Å². The van der Waals surface area contributed by atoms with Crippen LogP contribution in [0, 0.1) is 0 Å². The Morgan fingerprint density at radius 2 is 1.85 bits per heavy atom. The molecule has 34 heavy (non-hydrogen) atoms. The van der Waals surface area contributed by atoms with E-state index in [1.807, 2.05) is 18.2 Å². The third kappa shape index (κ3) is 3.48. The second kappa shape index (κ2) is 7.70. The summed E-state index contributed by atoms with van der Waals surface area (Å²) in [5.74, 6) is -0.238. The zero-order chi connectivity index (χ0) is 23.4. The number of aromatic nitrogens is 4. The van der Waals surface area contributed by atoms with Gasteiger partial charge in [-0.1, -0.05) is 0 Å². The Morgan fingerprint density at radius 1 is 1.06 bits per heavy atom. The quantitative estimate of drug-likeness (QED) is 0.312. The van der Waals surface area contributed by atoms with E-state index in [1.165, 1.54) is 15.9 Å². The van der Waals surface area contributed by atoms with E-state index in [9.17, 15) is 14.4 Å². The third-order valence-electron chi connectivity index (χ3n) is 6.00. The molecule has 5 aromatic rings. The van der Waals surface area contributed by atoms with Crippen LogP contribution >= 0.6 is 11.3 Å². The summed E-state index contributed by atoms with van der Waals surface area (Å²) in [6.45, 7) is 0. The normalized spacial score (nSPS) is 13.4. The highest BCUT2D eigenvalue weighted by Crippen LogP contribution is 2.32. The van der Waals surface area contributed by atoms with E-state index in [4.69, 9.17) is 0 Å². The van der Waals surface area contributed by atoms with Gasteiger partial charge in [-0.15, -0.1) is 11.3 Å². The molecule has 0 saturated heterocycles. The fourth-order valence-electron chi connectivity index (χ4n) is 4.04. The van der Waals surface area contributed by atoms with E-state index in [0.29, 0.717) is 38.2 Å². The van der Waals surface area contributed by atoms with Crippen LogP contribution in [0.2, 0.25) is 0 Å². The van der Waals surface area contributed by atoms with Crippen molar-refractivity contribution in [3.8, 4) is 10.4 Å². The summed E-state index contributed by atoms with van der Waals surface area (Å²) in [6.07, 6.45) is 5.31. The molecule has 2 amide bonds. The molecule has 4 N–H and O–H groups in total. The standard InChI is InChI=1S/C24H20N6O3S/c1-30-17-10-14-15(11-16(17)28-24(30)33)27-21(20(14)23(32)26-13-2-3-13)29-22(31)19-5-4-18(34-19)12-6-8-25-9-7-12/h4-11,13,27H,2-3H2,1H3,(H,26,32)(H,28,33)(H,29,31). The minimum absolute atomic E-state index is 0.154. The van der Waals surface area contributed by atoms with Gasteiger partial charge in [0.05, 0.1) is 27.0 Å². The van der Waals surface area contributed by atoms with E-state index < -0.39 is 0 Å². The van der Waals surface area contributed by atoms with E-state index in [1.54, 1.807) is 37.6 Å². The molecule has 6 rings (SSSR count). The van der Waals surface area contributed by atoms with Gasteiger partial charge in [-0.3, -0.25) is 19.1 Å². The number of thiophene rings is 1. The fourth-order valence-corrected chi connectivity index (χ4v) is 4.94. The molecule has 4 heterocycles. The number of H-pyrrole nitrogens is 2. The lowest BCUT2D eigenvalue weighted by Crippen LogP contribution is -2.26. The summed E-state index contributed by atoms with van der Waals surface area (Å²) in [7, 11) is 1.67. The maximum Gasteiger partial charge on any atom is 0.326 e. The number of aromatic amines is 2. The Hall–Kier alpha value is -4.18. The number of carbonyl (C=O) groups is 2. The van der Waals surface area contributed by atoms with E-state index in [0.717, 1.165) is 23.3 Å². The third-order valence-corrected chi connectivity index (χ3v) is 7.13. The lowest BCUT2D eigenvalue weighted by Gasteiger charge is -2.07. The zero-order valence-corrected chi connectivity index (χ0v) is 19.0. The van der Waals surface area contributed by atoms with Gasteiger partial charge in [0.2, 0.25) is 0 Å². The average Bonchev–Trinajstić information content (AvgIpc) is 3.26. The number of amides is 2. The number of hydrogen-bond donors (Lipinski definition) is 4. The van der Waals surface area contributed by atoms with Crippen LogP contribution in [0.1, 0.15) is 32.9 Å². The van der Waals surface area contributed by atoms with Gasteiger partial charge in [0.15, 0.2) is 0 Å². The van der Waals surface area contributed by atoms with Crippen molar-refractivity contribution in [2.75, 3.05) is 5.32 Å². The Morgan fingerprint density at radius 3 is 2.62 bits per heavy atom. The maximum atomic E-state index is 13.2. The molecule has 0 atom stereocenters. The Labute approximate surface area is 196 Å². The monoisotopic (exact) mass is 472 g/mol. The molecule has 0 aliphatic heterocycles. The second-order valence-electron chi connectivity index (χ2n) is 8.38. The molecule has 1 saturated carbocycles. The summed E-state index contributed by atoms with van der Waals surface area (Å²) in [5, 5.41) is 6.54. The summed E-state index contributed by atoms with van der Waals surface area (Å²) in [6, 6.07) is 11.2. The topological polar surface area (TPSA) is 125 Å². The molecule has 170 valence electrons. The van der Waals surface area contributed by atoms with Gasteiger partial charge in [-0.2, -0.15) is 0 Å². The molecule has 0 spiro atoms. The average molecular weight is 473 g/mol. The Bertz CT molecular complexity index is 1640. The number of imidazole rings is 1. The molecule has 9 nitrogen and oxygen atoms in total. The number of benzene rings is 1.